The van der Waals surface area contributed by atoms with Gasteiger partial charge in [0.15, 0.2) is 5.01 Å². The van der Waals surface area contributed by atoms with Crippen molar-refractivity contribution in [2.24, 2.45) is 17.6 Å². The number of piperidine rings is 2. The zero-order valence-corrected chi connectivity index (χ0v) is 25.4. The summed E-state index contributed by atoms with van der Waals surface area (Å²) in [6.45, 7) is 4.72. The van der Waals surface area contributed by atoms with Crippen LogP contribution >= 0.6 is 11.3 Å². The fourth-order valence-corrected chi connectivity index (χ4v) is 6.59. The van der Waals surface area contributed by atoms with Gasteiger partial charge in [-0.15, -0.1) is 11.3 Å². The minimum atomic E-state index is -4.80. The minimum absolute atomic E-state index is 0.0736. The maximum atomic E-state index is 13.2. The molecule has 2 aliphatic rings. The number of primary amides is 1. The maximum Gasteiger partial charge on any atom is 0.443 e. The van der Waals surface area contributed by atoms with Gasteiger partial charge >= 0.3 is 6.18 Å². The van der Waals surface area contributed by atoms with E-state index >= 15 is 0 Å². The molecule has 17 heteroatoms. The van der Waals surface area contributed by atoms with E-state index in [1.165, 1.54) is 31.7 Å². The number of anilines is 1. The summed E-state index contributed by atoms with van der Waals surface area (Å²) in [4.78, 5) is 80.5. The Morgan fingerprint density at radius 1 is 1.22 bits per heavy atom. The van der Waals surface area contributed by atoms with Crippen LogP contribution in [0.5, 0.6) is 0 Å². The van der Waals surface area contributed by atoms with Gasteiger partial charge in [-0.25, -0.2) is 4.98 Å². The number of halogens is 3. The SMILES string of the molecule is Cc1nc(C(F)(F)F)sc1C(=O)NC(CCC(=O)C(N)=O)C(=O)Nc1cccn(CC(=O)NC2C(C)CC3CCCN2C3)c1=O. The molecule has 2 saturated heterocycles. The van der Waals surface area contributed by atoms with Gasteiger partial charge in [-0.05, 0) is 56.6 Å². The lowest BCUT2D eigenvalue weighted by molar-refractivity contribution is -0.137. The maximum absolute atomic E-state index is 13.2. The zero-order chi connectivity index (χ0) is 33.1. The highest BCUT2D eigenvalue weighted by Crippen LogP contribution is 2.34. The molecule has 13 nitrogen and oxygen atoms in total. The average Bonchev–Trinajstić information content (AvgIpc) is 3.37. The molecule has 244 valence electrons. The van der Waals surface area contributed by atoms with E-state index < -0.39 is 69.9 Å². The molecule has 2 bridgehead atoms. The van der Waals surface area contributed by atoms with E-state index in [1.807, 2.05) is 0 Å². The van der Waals surface area contributed by atoms with Crippen LogP contribution in [-0.2, 0) is 31.9 Å². The Labute approximate surface area is 259 Å². The standard InChI is InChI=1S/C28H34F3N7O6S/c1-14-11-16-5-3-9-37(12-16)23(14)36-20(40)13-38-10-4-6-18(26(38)44)35-24(42)17(7-8-19(39)22(32)41)34-25(43)21-15(2)33-27(45-21)28(29,30)31/h4,6,10,14,16-17,23H,3,5,7-9,11-13H2,1-2H3,(H2,32,41)(H,34,43)(H,35,42)(H,36,40). The van der Waals surface area contributed by atoms with Gasteiger partial charge in [-0.3, -0.25) is 33.7 Å². The summed E-state index contributed by atoms with van der Waals surface area (Å²) < 4.78 is 40.4. The number of carbonyl (C=O) groups is 5. The normalized spacial score (nSPS) is 21.8. The van der Waals surface area contributed by atoms with E-state index in [2.05, 4.69) is 32.8 Å². The summed E-state index contributed by atoms with van der Waals surface area (Å²) in [6.07, 6.45) is -1.38. The summed E-state index contributed by atoms with van der Waals surface area (Å²) in [7, 11) is 0. The Hall–Kier alpha value is -4.12. The largest absolute Gasteiger partial charge is 0.443 e. The minimum Gasteiger partial charge on any atom is -0.363 e. The molecule has 45 heavy (non-hydrogen) atoms. The first-order valence-corrected chi connectivity index (χ1v) is 15.2. The molecule has 4 rings (SSSR count). The predicted molar refractivity (Wildman–Crippen MR) is 156 cm³/mol. The number of alkyl halides is 3. The smallest absolute Gasteiger partial charge is 0.363 e. The third kappa shape index (κ3) is 8.33. The number of pyridine rings is 1. The molecule has 5 N–H and O–H groups in total. The van der Waals surface area contributed by atoms with E-state index in [4.69, 9.17) is 5.73 Å². The third-order valence-electron chi connectivity index (χ3n) is 7.89. The molecule has 0 radical (unpaired) electrons. The molecule has 5 unspecified atom stereocenters. The number of nitrogens with zero attached hydrogens (tertiary/aromatic N) is 3. The lowest BCUT2D eigenvalue weighted by Gasteiger charge is -2.47. The van der Waals surface area contributed by atoms with Gasteiger partial charge in [0.2, 0.25) is 17.6 Å². The number of Topliss-reactive ketones (excluding diaryl/α,β-unsaturated/α-hetero) is 1. The van der Waals surface area contributed by atoms with Crippen molar-refractivity contribution in [1.29, 1.82) is 0 Å². The van der Waals surface area contributed by atoms with Crippen molar-refractivity contribution in [2.75, 3.05) is 18.4 Å². The number of hydrogen-bond donors (Lipinski definition) is 4. The molecule has 2 aromatic heterocycles. The summed E-state index contributed by atoms with van der Waals surface area (Å²) >= 11 is 0.0736. The van der Waals surface area contributed by atoms with Crippen molar-refractivity contribution in [1.82, 2.24) is 25.1 Å². The second-order valence-electron chi connectivity index (χ2n) is 11.4. The summed E-state index contributed by atoms with van der Waals surface area (Å²) in [6, 6.07) is 1.13. The van der Waals surface area contributed by atoms with Crippen molar-refractivity contribution in [3.8, 4) is 0 Å². The van der Waals surface area contributed by atoms with Gasteiger partial charge in [-0.1, -0.05) is 6.92 Å². The number of hydrogen-bond acceptors (Lipinski definition) is 9. The molecule has 4 heterocycles. The summed E-state index contributed by atoms with van der Waals surface area (Å²) in [5.74, 6) is -3.94. The third-order valence-corrected chi connectivity index (χ3v) is 9.09. The number of ketones is 1. The lowest BCUT2D eigenvalue weighted by Crippen LogP contribution is -2.59. The Kier molecular flexibility index (Phi) is 10.4. The molecule has 4 amide bonds. The molecular weight excluding hydrogens is 619 g/mol. The van der Waals surface area contributed by atoms with Gasteiger partial charge < -0.3 is 26.3 Å². The number of carbonyl (C=O) groups excluding carboxylic acids is 5. The van der Waals surface area contributed by atoms with Crippen LogP contribution in [0, 0.1) is 18.8 Å². The number of fused-ring (bicyclic) bond motifs is 2. The number of rotatable bonds is 11. The van der Waals surface area contributed by atoms with E-state index in [1.54, 1.807) is 0 Å². The van der Waals surface area contributed by atoms with E-state index in [0.29, 0.717) is 5.92 Å². The van der Waals surface area contributed by atoms with Gasteiger partial charge in [0.25, 0.3) is 17.4 Å². The van der Waals surface area contributed by atoms with Gasteiger partial charge in [0.05, 0.1) is 11.9 Å². The average molecular weight is 654 g/mol. The van der Waals surface area contributed by atoms with Crippen LogP contribution in [0.25, 0.3) is 0 Å². The molecule has 2 fully saturated rings. The predicted octanol–water partition coefficient (Wildman–Crippen LogP) is 1.40. The first-order valence-electron chi connectivity index (χ1n) is 14.4. The van der Waals surface area contributed by atoms with Crippen molar-refractivity contribution < 1.29 is 37.1 Å². The number of aromatic nitrogens is 2. The van der Waals surface area contributed by atoms with Crippen LogP contribution in [-0.4, -0.2) is 69.2 Å². The zero-order valence-electron chi connectivity index (χ0n) is 24.6. The molecule has 0 aromatic carbocycles. The molecule has 5 atom stereocenters. The molecule has 0 spiro atoms. The highest BCUT2D eigenvalue weighted by molar-refractivity contribution is 7.13. The van der Waals surface area contributed by atoms with Crippen LogP contribution in [0.2, 0.25) is 0 Å². The second kappa shape index (κ2) is 13.9. The number of thiazole rings is 1. The summed E-state index contributed by atoms with van der Waals surface area (Å²) in [5, 5.41) is 6.36. The van der Waals surface area contributed by atoms with Crippen LogP contribution in [0.1, 0.15) is 59.4 Å². The van der Waals surface area contributed by atoms with E-state index in [9.17, 15) is 41.9 Å². The van der Waals surface area contributed by atoms with Crippen LogP contribution in [0.4, 0.5) is 18.9 Å². The fourth-order valence-electron chi connectivity index (χ4n) is 5.75. The first kappa shape index (κ1) is 33.8. The monoisotopic (exact) mass is 653 g/mol. The Balaban J connectivity index is 1.47. The number of nitrogens with one attached hydrogen (secondary N) is 3. The van der Waals surface area contributed by atoms with Gasteiger partial charge in [0.1, 0.15) is 23.2 Å². The van der Waals surface area contributed by atoms with Crippen molar-refractivity contribution in [3.05, 3.63) is 44.3 Å². The number of aryl methyl sites for hydroxylation is 1. The molecule has 0 aliphatic carbocycles. The topological polar surface area (TPSA) is 186 Å². The molecule has 0 saturated carbocycles. The molecular formula is C28H34F3N7O6S. The van der Waals surface area contributed by atoms with Crippen LogP contribution in [0.3, 0.4) is 0 Å². The Morgan fingerprint density at radius 3 is 2.62 bits per heavy atom. The van der Waals surface area contributed by atoms with Gasteiger partial charge in [0, 0.05) is 25.7 Å². The molecule has 2 aliphatic heterocycles. The Bertz CT molecular complexity index is 1540. The molecule has 2 aromatic rings. The van der Waals surface area contributed by atoms with Gasteiger partial charge in [-0.2, -0.15) is 13.2 Å². The van der Waals surface area contributed by atoms with Crippen molar-refractivity contribution in [2.45, 2.75) is 70.9 Å². The van der Waals surface area contributed by atoms with Crippen LogP contribution in [0.15, 0.2) is 23.1 Å². The van der Waals surface area contributed by atoms with Crippen LogP contribution < -0.4 is 27.2 Å². The van der Waals surface area contributed by atoms with E-state index in [0.717, 1.165) is 30.5 Å². The quantitative estimate of drug-likeness (QED) is 0.262. The Morgan fingerprint density at radius 2 is 1.96 bits per heavy atom. The fraction of sp³-hybridized carbons (Fsp3) is 0.536. The number of amides is 4. The summed E-state index contributed by atoms with van der Waals surface area (Å²) in [5.41, 5.74) is 3.75. The first-order chi connectivity index (χ1) is 21.1. The lowest BCUT2D eigenvalue weighted by atomic mass is 9.82. The van der Waals surface area contributed by atoms with Crippen molar-refractivity contribution >= 4 is 46.4 Å². The highest BCUT2D eigenvalue weighted by Gasteiger charge is 2.38. The van der Waals surface area contributed by atoms with Crippen molar-refractivity contribution in [3.63, 3.8) is 0 Å². The number of nitrogens with two attached hydrogens (primary N) is 1. The van der Waals surface area contributed by atoms with E-state index in [-0.39, 0.29) is 41.3 Å². The highest BCUT2D eigenvalue weighted by atomic mass is 32.1. The second-order valence-corrected chi connectivity index (χ2v) is 12.4.